The Morgan fingerprint density at radius 2 is 1.96 bits per heavy atom. The average molecular weight is 391 g/mol. The van der Waals surface area contributed by atoms with Gasteiger partial charge < -0.3 is 16.0 Å². The largest absolute Gasteiger partial charge is 0.349 e. The number of hydrogen-bond acceptors (Lipinski definition) is 3. The van der Waals surface area contributed by atoms with Crippen LogP contribution < -0.4 is 16.0 Å². The van der Waals surface area contributed by atoms with Gasteiger partial charge in [-0.2, -0.15) is 0 Å². The van der Waals surface area contributed by atoms with Crippen LogP contribution in [0.3, 0.4) is 0 Å². The Labute approximate surface area is 160 Å². The molecule has 2 aromatic carbocycles. The monoisotopic (exact) mass is 391 g/mol. The lowest BCUT2D eigenvalue weighted by Gasteiger charge is -2.21. The summed E-state index contributed by atoms with van der Waals surface area (Å²) in [4.78, 5) is 23.9. The Hall–Kier alpha value is -2.87. The van der Waals surface area contributed by atoms with Gasteiger partial charge in [-0.15, -0.1) is 0 Å². The molecule has 8 heteroatoms. The minimum atomic E-state index is -1.01. The molecule has 0 spiro atoms. The van der Waals surface area contributed by atoms with Crippen LogP contribution in [0.4, 0.5) is 18.9 Å². The second-order valence-corrected chi connectivity index (χ2v) is 6.66. The van der Waals surface area contributed by atoms with Gasteiger partial charge in [0.25, 0.3) is 0 Å². The molecule has 0 bridgehead atoms. The molecule has 1 unspecified atom stereocenters. The van der Waals surface area contributed by atoms with Crippen molar-refractivity contribution in [3.05, 3.63) is 64.5 Å². The zero-order chi connectivity index (χ0) is 20.3. The molecule has 3 N–H and O–H groups in total. The first kappa shape index (κ1) is 19.9. The van der Waals surface area contributed by atoms with Crippen LogP contribution in [0.25, 0.3) is 0 Å². The highest BCUT2D eigenvalue weighted by Crippen LogP contribution is 2.26. The Bertz CT molecular complexity index is 918. The Kier molecular flexibility index (Phi) is 5.99. The summed E-state index contributed by atoms with van der Waals surface area (Å²) in [6.45, 7) is 2.44. The summed E-state index contributed by atoms with van der Waals surface area (Å²) in [6, 6.07) is 5.10. The highest BCUT2D eigenvalue weighted by molar-refractivity contribution is 5.92. The second-order valence-electron chi connectivity index (χ2n) is 6.66. The number of carbonyl (C=O) groups excluding carboxylic acids is 2. The predicted octanol–water partition coefficient (Wildman–Crippen LogP) is 2.96. The van der Waals surface area contributed by atoms with Gasteiger partial charge in [0.15, 0.2) is 0 Å². The Morgan fingerprint density at radius 3 is 2.68 bits per heavy atom. The highest BCUT2D eigenvalue weighted by atomic mass is 19.1. The molecule has 2 aromatic rings. The van der Waals surface area contributed by atoms with E-state index in [-0.39, 0.29) is 17.7 Å². The fourth-order valence-electron chi connectivity index (χ4n) is 3.28. The van der Waals surface area contributed by atoms with E-state index in [2.05, 4.69) is 16.0 Å². The number of carbonyl (C=O) groups is 2. The molecular formula is C20H20F3N3O2. The lowest BCUT2D eigenvalue weighted by molar-refractivity contribution is -0.120. The number of anilines is 1. The fraction of sp³-hybridized carbons (Fsp3) is 0.300. The number of rotatable bonds is 5. The number of fused-ring (bicyclic) bond motifs is 1. The summed E-state index contributed by atoms with van der Waals surface area (Å²) in [5.74, 6) is -3.21. The lowest BCUT2D eigenvalue weighted by Crippen LogP contribution is -2.30. The van der Waals surface area contributed by atoms with Crippen molar-refractivity contribution in [2.75, 3.05) is 11.9 Å². The summed E-state index contributed by atoms with van der Waals surface area (Å²) >= 11 is 0. The third-order valence-electron chi connectivity index (χ3n) is 4.59. The van der Waals surface area contributed by atoms with Gasteiger partial charge in [-0.05, 0) is 36.2 Å². The maximum absolute atomic E-state index is 14.7. The van der Waals surface area contributed by atoms with Gasteiger partial charge in [-0.25, -0.2) is 13.2 Å². The molecular weight excluding hydrogens is 371 g/mol. The number of benzene rings is 2. The van der Waals surface area contributed by atoms with E-state index in [1.54, 1.807) is 6.07 Å². The van der Waals surface area contributed by atoms with E-state index in [0.29, 0.717) is 31.1 Å². The number of nitrogens with one attached hydrogen (secondary N) is 3. The normalized spacial score (nSPS) is 14.1. The first-order valence-electron chi connectivity index (χ1n) is 8.88. The third-order valence-corrected chi connectivity index (χ3v) is 4.59. The van der Waals surface area contributed by atoms with Crippen molar-refractivity contribution in [2.45, 2.75) is 32.4 Å². The Morgan fingerprint density at radius 1 is 1.18 bits per heavy atom. The minimum Gasteiger partial charge on any atom is -0.349 e. The molecule has 0 aromatic heterocycles. The van der Waals surface area contributed by atoms with Crippen molar-refractivity contribution in [3.8, 4) is 0 Å². The summed E-state index contributed by atoms with van der Waals surface area (Å²) < 4.78 is 41.9. The van der Waals surface area contributed by atoms with E-state index in [1.165, 1.54) is 19.1 Å². The van der Waals surface area contributed by atoms with Crippen LogP contribution in [-0.2, 0) is 22.6 Å². The molecule has 5 nitrogen and oxygen atoms in total. The predicted molar refractivity (Wildman–Crippen MR) is 98.0 cm³/mol. The van der Waals surface area contributed by atoms with E-state index in [4.69, 9.17) is 0 Å². The molecule has 1 aliphatic heterocycles. The standard InChI is InChI=1S/C20H20F3N3O2/c1-11(27)25-18(15-4-3-13(21)8-16(15)22)9-19(28)26-17-5-2-12-10-24-7-6-14(12)20(17)23/h2-5,8,18,24H,6-7,9-10H2,1H3,(H,25,27)(H,26,28). The molecule has 0 saturated carbocycles. The molecule has 0 saturated heterocycles. The van der Waals surface area contributed by atoms with Gasteiger partial charge in [-0.3, -0.25) is 9.59 Å². The third kappa shape index (κ3) is 4.51. The maximum atomic E-state index is 14.7. The number of amides is 2. The summed E-state index contributed by atoms with van der Waals surface area (Å²) in [6.07, 6.45) is 0.181. The quantitative estimate of drug-likeness (QED) is 0.734. The van der Waals surface area contributed by atoms with Gasteiger partial charge in [0.2, 0.25) is 11.8 Å². The van der Waals surface area contributed by atoms with Crippen molar-refractivity contribution < 1.29 is 22.8 Å². The Balaban J connectivity index is 1.78. The van der Waals surface area contributed by atoms with Gasteiger partial charge in [0, 0.05) is 25.1 Å². The van der Waals surface area contributed by atoms with E-state index in [9.17, 15) is 22.8 Å². The molecule has 1 aliphatic rings. The van der Waals surface area contributed by atoms with Crippen molar-refractivity contribution in [2.24, 2.45) is 0 Å². The molecule has 28 heavy (non-hydrogen) atoms. The van der Waals surface area contributed by atoms with Crippen LogP contribution in [0.1, 0.15) is 36.1 Å². The zero-order valence-electron chi connectivity index (χ0n) is 15.2. The van der Waals surface area contributed by atoms with Crippen molar-refractivity contribution in [1.82, 2.24) is 10.6 Å². The van der Waals surface area contributed by atoms with Crippen LogP contribution >= 0.6 is 0 Å². The summed E-state index contributed by atoms with van der Waals surface area (Å²) in [5, 5.41) is 8.10. The van der Waals surface area contributed by atoms with Gasteiger partial charge in [-0.1, -0.05) is 12.1 Å². The topological polar surface area (TPSA) is 70.2 Å². The van der Waals surface area contributed by atoms with E-state index in [0.717, 1.165) is 11.6 Å². The minimum absolute atomic E-state index is 0.0243. The first-order chi connectivity index (χ1) is 13.3. The highest BCUT2D eigenvalue weighted by Gasteiger charge is 2.23. The molecule has 0 aliphatic carbocycles. The van der Waals surface area contributed by atoms with Gasteiger partial charge in [0.05, 0.1) is 18.2 Å². The number of hydrogen-bond donors (Lipinski definition) is 3. The lowest BCUT2D eigenvalue weighted by atomic mass is 9.99. The van der Waals surface area contributed by atoms with Crippen LogP contribution in [0.5, 0.6) is 0 Å². The molecule has 1 atom stereocenters. The molecule has 2 amide bonds. The maximum Gasteiger partial charge on any atom is 0.226 e. The molecule has 3 rings (SSSR count). The second kappa shape index (κ2) is 8.43. The first-order valence-corrected chi connectivity index (χ1v) is 8.88. The molecule has 148 valence electrons. The molecule has 0 radical (unpaired) electrons. The van der Waals surface area contributed by atoms with Crippen molar-refractivity contribution in [3.63, 3.8) is 0 Å². The molecule has 0 fully saturated rings. The average Bonchev–Trinajstić information content (AvgIpc) is 2.63. The van der Waals surface area contributed by atoms with Gasteiger partial charge in [0.1, 0.15) is 17.5 Å². The zero-order valence-corrected chi connectivity index (χ0v) is 15.2. The van der Waals surface area contributed by atoms with E-state index < -0.39 is 35.3 Å². The molecule has 1 heterocycles. The fourth-order valence-corrected chi connectivity index (χ4v) is 3.28. The van der Waals surface area contributed by atoms with Crippen molar-refractivity contribution >= 4 is 17.5 Å². The summed E-state index contributed by atoms with van der Waals surface area (Å²) in [7, 11) is 0. The van der Waals surface area contributed by atoms with E-state index in [1.807, 2.05) is 0 Å². The van der Waals surface area contributed by atoms with Crippen molar-refractivity contribution in [1.29, 1.82) is 0 Å². The SMILES string of the molecule is CC(=O)NC(CC(=O)Nc1ccc2c(c1F)CCNC2)c1ccc(F)cc1F. The van der Waals surface area contributed by atoms with Crippen LogP contribution in [0.2, 0.25) is 0 Å². The van der Waals surface area contributed by atoms with Crippen LogP contribution in [-0.4, -0.2) is 18.4 Å². The van der Waals surface area contributed by atoms with E-state index >= 15 is 0 Å². The summed E-state index contributed by atoms with van der Waals surface area (Å²) in [5.41, 5.74) is 1.40. The smallest absolute Gasteiger partial charge is 0.226 e. The van der Waals surface area contributed by atoms with Gasteiger partial charge >= 0.3 is 0 Å². The van der Waals surface area contributed by atoms with Crippen LogP contribution in [0, 0.1) is 17.5 Å². The number of halogens is 3. The van der Waals surface area contributed by atoms with Crippen LogP contribution in [0.15, 0.2) is 30.3 Å².